The number of carbonyl (C=O) groups excluding carboxylic acids is 1. The molecular formula is C20H16Cl2N2O3S2. The van der Waals surface area contributed by atoms with Gasteiger partial charge in [-0.25, -0.2) is 4.98 Å². The number of aromatic nitrogens is 1. The Kier molecular flexibility index (Phi) is 5.50. The maximum atomic E-state index is 13.2. The fourth-order valence-corrected chi connectivity index (χ4v) is 6.06. The largest absolute Gasteiger partial charge is 0.481 e. The topological polar surface area (TPSA) is 70.5 Å². The minimum atomic E-state index is -0.995. The van der Waals surface area contributed by atoms with Crippen molar-refractivity contribution in [3.05, 3.63) is 50.4 Å². The molecule has 2 aromatic carbocycles. The number of thiazole rings is 1. The highest BCUT2D eigenvalue weighted by atomic mass is 35.5. The normalized spacial score (nSPS) is 16.3. The van der Waals surface area contributed by atoms with Gasteiger partial charge in [0.25, 0.3) is 0 Å². The predicted molar refractivity (Wildman–Crippen MR) is 119 cm³/mol. The lowest BCUT2D eigenvalue weighted by Gasteiger charge is -2.34. The molecule has 0 saturated carbocycles. The number of benzene rings is 2. The third kappa shape index (κ3) is 3.84. The average molecular weight is 467 g/mol. The van der Waals surface area contributed by atoms with Crippen LogP contribution >= 0.6 is 46.3 Å². The molecule has 9 heteroatoms. The van der Waals surface area contributed by atoms with E-state index in [1.54, 1.807) is 11.0 Å². The van der Waals surface area contributed by atoms with E-state index in [1.165, 1.54) is 23.1 Å². The van der Waals surface area contributed by atoms with Crippen molar-refractivity contribution in [1.29, 1.82) is 0 Å². The molecule has 1 unspecified atom stereocenters. The SMILES string of the molecule is Cc1cc(C)c2c(c1)N(Cc1nc3c(Cl)c(Cl)ccc3s1)C(=O)C(CC(=O)O)S2. The summed E-state index contributed by atoms with van der Waals surface area (Å²) in [7, 11) is 0. The Morgan fingerprint density at radius 2 is 2.03 bits per heavy atom. The summed E-state index contributed by atoms with van der Waals surface area (Å²) in [5, 5.41) is 10.1. The zero-order valence-corrected chi connectivity index (χ0v) is 18.7. The highest BCUT2D eigenvalue weighted by molar-refractivity contribution is 8.01. The molecule has 1 aromatic heterocycles. The fraction of sp³-hybridized carbons (Fsp3) is 0.250. The van der Waals surface area contributed by atoms with Crippen molar-refractivity contribution in [2.45, 2.75) is 37.0 Å². The Bertz CT molecular complexity index is 1160. The van der Waals surface area contributed by atoms with E-state index in [2.05, 4.69) is 4.98 Å². The first kappa shape index (κ1) is 20.5. The van der Waals surface area contributed by atoms with E-state index in [-0.39, 0.29) is 18.9 Å². The first-order valence-electron chi connectivity index (χ1n) is 8.79. The van der Waals surface area contributed by atoms with Gasteiger partial charge in [0.15, 0.2) is 0 Å². The summed E-state index contributed by atoms with van der Waals surface area (Å²) in [6, 6.07) is 7.58. The molecule has 0 spiro atoms. The highest BCUT2D eigenvalue weighted by Gasteiger charge is 2.36. The van der Waals surface area contributed by atoms with Crippen molar-refractivity contribution in [3.63, 3.8) is 0 Å². The Labute approximate surface area is 185 Å². The van der Waals surface area contributed by atoms with Crippen molar-refractivity contribution in [2.75, 3.05) is 4.90 Å². The Balaban J connectivity index is 1.78. The van der Waals surface area contributed by atoms with E-state index < -0.39 is 11.2 Å². The van der Waals surface area contributed by atoms with Crippen LogP contribution in [0.4, 0.5) is 5.69 Å². The molecule has 150 valence electrons. The first-order valence-corrected chi connectivity index (χ1v) is 11.2. The number of nitrogens with zero attached hydrogens (tertiary/aromatic N) is 2. The average Bonchev–Trinajstić information content (AvgIpc) is 3.06. The van der Waals surface area contributed by atoms with Crippen LogP contribution < -0.4 is 4.90 Å². The van der Waals surface area contributed by atoms with Crippen molar-refractivity contribution in [1.82, 2.24) is 4.98 Å². The van der Waals surface area contributed by atoms with Gasteiger partial charge in [0.05, 0.1) is 38.6 Å². The molecule has 1 aliphatic rings. The Morgan fingerprint density at radius 3 is 2.76 bits per heavy atom. The smallest absolute Gasteiger partial charge is 0.305 e. The van der Waals surface area contributed by atoms with Crippen molar-refractivity contribution >= 4 is 74.1 Å². The number of anilines is 1. The summed E-state index contributed by atoms with van der Waals surface area (Å²) < 4.78 is 0.885. The second-order valence-corrected chi connectivity index (χ2v) is 9.99. The number of carbonyl (C=O) groups is 2. The lowest BCUT2D eigenvalue weighted by atomic mass is 10.1. The zero-order chi connectivity index (χ0) is 20.9. The van der Waals surface area contributed by atoms with Gasteiger partial charge in [-0.15, -0.1) is 23.1 Å². The number of hydrogen-bond donors (Lipinski definition) is 1. The molecule has 5 nitrogen and oxygen atoms in total. The molecule has 1 aliphatic heterocycles. The quantitative estimate of drug-likeness (QED) is 0.533. The summed E-state index contributed by atoms with van der Waals surface area (Å²) in [6.45, 7) is 4.20. The standard InChI is InChI=1S/C20H16Cl2N2O3S2/c1-9-5-10(2)19-12(6-9)24(20(27)14(29-19)7-16(25)26)8-15-23-18-13(28-15)4-3-11(21)17(18)22/h3-6,14H,7-8H2,1-2H3,(H,25,26). The highest BCUT2D eigenvalue weighted by Crippen LogP contribution is 2.44. The van der Waals surface area contributed by atoms with Gasteiger partial charge in [0.2, 0.25) is 5.91 Å². The van der Waals surface area contributed by atoms with Crippen molar-refractivity contribution in [3.8, 4) is 0 Å². The number of amides is 1. The molecule has 1 amide bonds. The number of fused-ring (bicyclic) bond motifs is 2. The van der Waals surface area contributed by atoms with E-state index in [0.717, 1.165) is 26.4 Å². The summed E-state index contributed by atoms with van der Waals surface area (Å²) in [4.78, 5) is 31.6. The number of carboxylic acid groups (broad SMARTS) is 1. The van der Waals surface area contributed by atoms with E-state index in [0.29, 0.717) is 20.6 Å². The second kappa shape index (κ2) is 7.80. The Hall–Kier alpha value is -1.80. The lowest BCUT2D eigenvalue weighted by Crippen LogP contribution is -2.41. The van der Waals surface area contributed by atoms with Crippen LogP contribution in [0.15, 0.2) is 29.2 Å². The minimum absolute atomic E-state index is 0.224. The molecule has 0 radical (unpaired) electrons. The second-order valence-electron chi connectivity index (χ2n) is 6.87. The number of halogens is 2. The van der Waals surface area contributed by atoms with Crippen LogP contribution in [0, 0.1) is 13.8 Å². The maximum absolute atomic E-state index is 13.2. The molecule has 0 saturated heterocycles. The summed E-state index contributed by atoms with van der Waals surface area (Å²) in [5.41, 5.74) is 3.47. The summed E-state index contributed by atoms with van der Waals surface area (Å²) >= 11 is 15.1. The van der Waals surface area contributed by atoms with Crippen LogP contribution in [-0.2, 0) is 16.1 Å². The van der Waals surface area contributed by atoms with Gasteiger partial charge < -0.3 is 10.0 Å². The maximum Gasteiger partial charge on any atom is 0.305 e. The first-order chi connectivity index (χ1) is 13.7. The number of rotatable bonds is 4. The molecule has 4 rings (SSSR count). The van der Waals surface area contributed by atoms with Crippen molar-refractivity contribution < 1.29 is 14.7 Å². The van der Waals surface area contributed by atoms with Gasteiger partial charge in [0, 0.05) is 4.90 Å². The van der Waals surface area contributed by atoms with Gasteiger partial charge in [-0.1, -0.05) is 29.3 Å². The van der Waals surface area contributed by atoms with Crippen LogP contribution in [-0.4, -0.2) is 27.2 Å². The van der Waals surface area contributed by atoms with Crippen LogP contribution in [0.2, 0.25) is 10.0 Å². The van der Waals surface area contributed by atoms with Gasteiger partial charge in [-0.05, 0) is 43.2 Å². The van der Waals surface area contributed by atoms with E-state index >= 15 is 0 Å². The van der Waals surface area contributed by atoms with Crippen LogP contribution in [0.3, 0.4) is 0 Å². The molecule has 0 aliphatic carbocycles. The molecule has 2 heterocycles. The summed E-state index contributed by atoms with van der Waals surface area (Å²) in [5.74, 6) is -1.22. The van der Waals surface area contributed by atoms with Crippen LogP contribution in [0.5, 0.6) is 0 Å². The molecule has 0 bridgehead atoms. The van der Waals surface area contributed by atoms with E-state index in [9.17, 15) is 14.7 Å². The van der Waals surface area contributed by atoms with Gasteiger partial charge in [-0.2, -0.15) is 0 Å². The number of carboxylic acids is 1. The summed E-state index contributed by atoms with van der Waals surface area (Å²) in [6.07, 6.45) is -0.228. The molecule has 3 aromatic rings. The van der Waals surface area contributed by atoms with Gasteiger partial charge >= 0.3 is 5.97 Å². The lowest BCUT2D eigenvalue weighted by molar-refractivity contribution is -0.138. The van der Waals surface area contributed by atoms with Crippen LogP contribution in [0.1, 0.15) is 22.6 Å². The molecule has 1 N–H and O–H groups in total. The number of thioether (sulfide) groups is 1. The molecule has 29 heavy (non-hydrogen) atoms. The van der Waals surface area contributed by atoms with Gasteiger partial charge in [0.1, 0.15) is 10.5 Å². The predicted octanol–water partition coefficient (Wildman–Crippen LogP) is 5.70. The van der Waals surface area contributed by atoms with E-state index in [4.69, 9.17) is 23.2 Å². The number of hydrogen-bond acceptors (Lipinski definition) is 5. The van der Waals surface area contributed by atoms with E-state index in [1.807, 2.05) is 32.0 Å². The van der Waals surface area contributed by atoms with Crippen molar-refractivity contribution in [2.24, 2.45) is 0 Å². The zero-order valence-electron chi connectivity index (χ0n) is 15.5. The van der Waals surface area contributed by atoms with Crippen LogP contribution in [0.25, 0.3) is 10.2 Å². The number of aryl methyl sites for hydroxylation is 2. The third-order valence-electron chi connectivity index (χ3n) is 4.64. The number of aliphatic carboxylic acids is 1. The molecule has 0 fully saturated rings. The molecular weight excluding hydrogens is 451 g/mol. The fourth-order valence-electron chi connectivity index (χ4n) is 3.41. The Morgan fingerprint density at radius 1 is 1.28 bits per heavy atom. The third-order valence-corrected chi connectivity index (χ3v) is 7.86. The molecule has 1 atom stereocenters. The minimum Gasteiger partial charge on any atom is -0.481 e. The van der Waals surface area contributed by atoms with Gasteiger partial charge in [-0.3, -0.25) is 9.59 Å². The monoisotopic (exact) mass is 466 g/mol.